The van der Waals surface area contributed by atoms with Crippen LogP contribution in [-0.2, 0) is 0 Å². The van der Waals surface area contributed by atoms with E-state index < -0.39 is 0 Å². The Morgan fingerprint density at radius 2 is 2.33 bits per heavy atom. The van der Waals surface area contributed by atoms with Gasteiger partial charge < -0.3 is 5.43 Å². The zero-order valence-electron chi connectivity index (χ0n) is 6.53. The number of fused-ring (bicyclic) bond motifs is 1. The standard InChI is InChI=1S/C7H8N4S/c1-4-2-5-6(11-8)9-3-10-7(5)12-4/h2-3H,8H2,1H3,(H,9,10,11). The molecular formula is C7H8N4S. The molecule has 4 nitrogen and oxygen atoms in total. The number of hydrazine groups is 1. The lowest BCUT2D eigenvalue weighted by Crippen LogP contribution is -2.08. The number of nitrogens with one attached hydrogen (secondary N) is 1. The van der Waals surface area contributed by atoms with Crippen LogP contribution in [0.5, 0.6) is 0 Å². The Hall–Kier alpha value is -1.20. The fourth-order valence-electron chi connectivity index (χ4n) is 1.09. The summed E-state index contributed by atoms with van der Waals surface area (Å²) in [6.45, 7) is 2.03. The molecule has 2 rings (SSSR count). The largest absolute Gasteiger partial charge is 0.308 e. The van der Waals surface area contributed by atoms with E-state index in [-0.39, 0.29) is 0 Å². The summed E-state index contributed by atoms with van der Waals surface area (Å²) in [6, 6.07) is 2.02. The minimum Gasteiger partial charge on any atom is -0.308 e. The Morgan fingerprint density at radius 3 is 3.08 bits per heavy atom. The number of aryl methyl sites for hydroxylation is 1. The van der Waals surface area contributed by atoms with Gasteiger partial charge in [-0.2, -0.15) is 0 Å². The Labute approximate surface area is 73.4 Å². The van der Waals surface area contributed by atoms with Crippen LogP contribution in [0.4, 0.5) is 5.82 Å². The zero-order valence-corrected chi connectivity index (χ0v) is 7.35. The summed E-state index contributed by atoms with van der Waals surface area (Å²) in [5.74, 6) is 5.97. The highest BCUT2D eigenvalue weighted by molar-refractivity contribution is 7.18. The summed E-state index contributed by atoms with van der Waals surface area (Å²) in [5.41, 5.74) is 2.54. The molecule has 0 radical (unpaired) electrons. The van der Waals surface area contributed by atoms with Crippen molar-refractivity contribution in [2.24, 2.45) is 5.84 Å². The Kier molecular flexibility index (Phi) is 1.67. The number of hydrogen-bond acceptors (Lipinski definition) is 5. The number of anilines is 1. The van der Waals surface area contributed by atoms with Crippen molar-refractivity contribution in [3.63, 3.8) is 0 Å². The van der Waals surface area contributed by atoms with E-state index in [2.05, 4.69) is 15.4 Å². The molecule has 0 aliphatic rings. The van der Waals surface area contributed by atoms with Gasteiger partial charge in [-0.25, -0.2) is 15.8 Å². The van der Waals surface area contributed by atoms with Crippen molar-refractivity contribution in [1.82, 2.24) is 9.97 Å². The van der Waals surface area contributed by atoms with E-state index in [9.17, 15) is 0 Å². The first kappa shape index (κ1) is 7.45. The van der Waals surface area contributed by atoms with E-state index in [4.69, 9.17) is 5.84 Å². The molecule has 0 saturated carbocycles. The molecule has 0 amide bonds. The highest BCUT2D eigenvalue weighted by atomic mass is 32.1. The average molecular weight is 180 g/mol. The fraction of sp³-hybridized carbons (Fsp3) is 0.143. The molecule has 2 aromatic heterocycles. The summed E-state index contributed by atoms with van der Waals surface area (Å²) >= 11 is 1.63. The van der Waals surface area contributed by atoms with Crippen LogP contribution in [-0.4, -0.2) is 9.97 Å². The third kappa shape index (κ3) is 1.03. The topological polar surface area (TPSA) is 63.8 Å². The molecule has 2 aromatic rings. The van der Waals surface area contributed by atoms with Crippen LogP contribution in [0.3, 0.4) is 0 Å². The molecule has 0 fully saturated rings. The molecule has 0 bridgehead atoms. The number of aromatic nitrogens is 2. The maximum Gasteiger partial charge on any atom is 0.152 e. The van der Waals surface area contributed by atoms with Gasteiger partial charge in [0.15, 0.2) is 5.82 Å². The minimum absolute atomic E-state index is 0.685. The van der Waals surface area contributed by atoms with Gasteiger partial charge in [-0.3, -0.25) is 0 Å². The molecule has 3 N–H and O–H groups in total. The first-order chi connectivity index (χ1) is 5.81. The lowest BCUT2D eigenvalue weighted by molar-refractivity contribution is 1.19. The van der Waals surface area contributed by atoms with Gasteiger partial charge >= 0.3 is 0 Å². The molecule has 0 spiro atoms. The van der Waals surface area contributed by atoms with Gasteiger partial charge in [-0.05, 0) is 13.0 Å². The van der Waals surface area contributed by atoms with E-state index in [1.54, 1.807) is 11.3 Å². The third-order valence-corrected chi connectivity index (χ3v) is 2.55. The van der Waals surface area contributed by atoms with Crippen molar-refractivity contribution in [2.45, 2.75) is 6.92 Å². The molecular weight excluding hydrogens is 172 g/mol. The summed E-state index contributed by atoms with van der Waals surface area (Å²) in [7, 11) is 0. The fourth-order valence-corrected chi connectivity index (χ4v) is 1.94. The highest BCUT2D eigenvalue weighted by Gasteiger charge is 2.04. The number of rotatable bonds is 1. The summed E-state index contributed by atoms with van der Waals surface area (Å²) in [5, 5.41) is 0.988. The van der Waals surface area contributed by atoms with Gasteiger partial charge in [0, 0.05) is 4.88 Å². The van der Waals surface area contributed by atoms with Gasteiger partial charge in [0.2, 0.25) is 0 Å². The quantitative estimate of drug-likeness (QED) is 0.512. The van der Waals surface area contributed by atoms with Crippen molar-refractivity contribution < 1.29 is 0 Å². The van der Waals surface area contributed by atoms with E-state index in [0.29, 0.717) is 5.82 Å². The average Bonchev–Trinajstić information content (AvgIpc) is 2.44. The first-order valence-corrected chi connectivity index (χ1v) is 4.30. The van der Waals surface area contributed by atoms with Gasteiger partial charge in [-0.15, -0.1) is 11.3 Å². The smallest absolute Gasteiger partial charge is 0.152 e. The normalized spacial score (nSPS) is 10.5. The molecule has 0 aliphatic heterocycles. The third-order valence-electron chi connectivity index (χ3n) is 1.59. The maximum absolute atomic E-state index is 5.29. The van der Waals surface area contributed by atoms with Crippen LogP contribution >= 0.6 is 11.3 Å². The van der Waals surface area contributed by atoms with Crippen molar-refractivity contribution >= 4 is 27.4 Å². The van der Waals surface area contributed by atoms with E-state index in [1.807, 2.05) is 13.0 Å². The van der Waals surface area contributed by atoms with Crippen LogP contribution < -0.4 is 11.3 Å². The van der Waals surface area contributed by atoms with Gasteiger partial charge in [0.1, 0.15) is 11.2 Å². The predicted octanol–water partition coefficient (Wildman–Crippen LogP) is 1.29. The van der Waals surface area contributed by atoms with Crippen LogP contribution in [0.15, 0.2) is 12.4 Å². The number of thiophene rings is 1. The van der Waals surface area contributed by atoms with E-state index in [1.165, 1.54) is 11.2 Å². The first-order valence-electron chi connectivity index (χ1n) is 3.49. The van der Waals surface area contributed by atoms with Gasteiger partial charge in [0.25, 0.3) is 0 Å². The summed E-state index contributed by atoms with van der Waals surface area (Å²) in [4.78, 5) is 10.3. The van der Waals surface area contributed by atoms with Crippen LogP contribution in [0.25, 0.3) is 10.2 Å². The molecule has 0 unspecified atom stereocenters. The Bertz CT molecular complexity index is 409. The SMILES string of the molecule is Cc1cc2c(NN)ncnc2s1. The Balaban J connectivity index is 2.78. The van der Waals surface area contributed by atoms with Crippen molar-refractivity contribution in [3.05, 3.63) is 17.3 Å². The lowest BCUT2D eigenvalue weighted by Gasteiger charge is -1.97. The Morgan fingerprint density at radius 1 is 1.50 bits per heavy atom. The molecule has 0 aliphatic carbocycles. The predicted molar refractivity (Wildman–Crippen MR) is 50.0 cm³/mol. The molecule has 0 aromatic carbocycles. The second-order valence-electron chi connectivity index (χ2n) is 2.44. The molecule has 0 atom stereocenters. The number of hydrogen-bond donors (Lipinski definition) is 2. The molecule has 12 heavy (non-hydrogen) atoms. The van der Waals surface area contributed by atoms with Crippen molar-refractivity contribution in [2.75, 3.05) is 5.43 Å². The number of nitrogen functional groups attached to an aromatic ring is 1. The van der Waals surface area contributed by atoms with Crippen LogP contribution in [0.2, 0.25) is 0 Å². The molecule has 5 heteroatoms. The molecule has 62 valence electrons. The van der Waals surface area contributed by atoms with Gasteiger partial charge in [-0.1, -0.05) is 0 Å². The van der Waals surface area contributed by atoms with E-state index in [0.717, 1.165) is 10.2 Å². The van der Waals surface area contributed by atoms with Crippen molar-refractivity contribution in [1.29, 1.82) is 0 Å². The second-order valence-corrected chi connectivity index (χ2v) is 3.68. The summed E-state index contributed by atoms with van der Waals surface area (Å²) < 4.78 is 0. The summed E-state index contributed by atoms with van der Waals surface area (Å²) in [6.07, 6.45) is 1.51. The second kappa shape index (κ2) is 2.69. The molecule has 2 heterocycles. The van der Waals surface area contributed by atoms with Crippen LogP contribution in [0.1, 0.15) is 4.88 Å². The van der Waals surface area contributed by atoms with E-state index >= 15 is 0 Å². The van der Waals surface area contributed by atoms with Crippen LogP contribution in [0, 0.1) is 6.92 Å². The molecule has 0 saturated heterocycles. The zero-order chi connectivity index (χ0) is 8.55. The maximum atomic E-state index is 5.29. The lowest BCUT2D eigenvalue weighted by atomic mass is 10.3. The minimum atomic E-state index is 0.685. The number of nitrogens with zero attached hydrogens (tertiary/aromatic N) is 2. The highest BCUT2D eigenvalue weighted by Crippen LogP contribution is 2.26. The number of nitrogens with two attached hydrogens (primary N) is 1. The monoisotopic (exact) mass is 180 g/mol. The van der Waals surface area contributed by atoms with Crippen molar-refractivity contribution in [3.8, 4) is 0 Å². The van der Waals surface area contributed by atoms with Gasteiger partial charge in [0.05, 0.1) is 5.39 Å².